The largest absolute Gasteiger partial charge is 0.485 e. The van der Waals surface area contributed by atoms with Gasteiger partial charge in [-0.2, -0.15) is 0 Å². The number of aromatic nitrogens is 2. The molecule has 0 aliphatic carbocycles. The number of hydrogen-bond acceptors (Lipinski definition) is 8. The quantitative estimate of drug-likeness (QED) is 0.380. The average molecular weight is 461 g/mol. The third-order valence-corrected chi connectivity index (χ3v) is 5.48. The first-order valence-electron chi connectivity index (χ1n) is 10.2. The van der Waals surface area contributed by atoms with Crippen molar-refractivity contribution in [2.45, 2.75) is 11.3 Å². The van der Waals surface area contributed by atoms with E-state index >= 15 is 0 Å². The molecule has 1 aliphatic rings. The topological polar surface area (TPSA) is 95.7 Å². The number of anilines is 1. The number of nitrogens with one attached hydrogen (secondary N) is 1. The molecule has 8 nitrogen and oxygen atoms in total. The van der Waals surface area contributed by atoms with E-state index in [0.717, 1.165) is 11.8 Å². The monoisotopic (exact) mass is 461 g/mol. The Morgan fingerprint density at radius 2 is 1.73 bits per heavy atom. The highest BCUT2D eigenvalue weighted by Gasteiger charge is 2.27. The third-order valence-electron chi connectivity index (χ3n) is 4.67. The number of nitrogens with zero attached hydrogens (tertiary/aromatic N) is 2. The van der Waals surface area contributed by atoms with Crippen LogP contribution in [0.3, 0.4) is 0 Å². The van der Waals surface area contributed by atoms with Crippen molar-refractivity contribution in [2.75, 3.05) is 17.7 Å². The Labute approximate surface area is 193 Å². The van der Waals surface area contributed by atoms with Crippen LogP contribution in [0.25, 0.3) is 0 Å². The maximum absolute atomic E-state index is 12.5. The first-order valence-corrected chi connectivity index (χ1v) is 11.2. The van der Waals surface area contributed by atoms with Crippen molar-refractivity contribution < 1.29 is 23.4 Å². The Morgan fingerprint density at radius 1 is 0.970 bits per heavy atom. The van der Waals surface area contributed by atoms with Crippen molar-refractivity contribution in [2.24, 2.45) is 0 Å². The third kappa shape index (κ3) is 5.09. The first-order chi connectivity index (χ1) is 16.2. The summed E-state index contributed by atoms with van der Waals surface area (Å²) in [7, 11) is 0. The summed E-state index contributed by atoms with van der Waals surface area (Å²) >= 11 is 1.14. The molecule has 5 rings (SSSR count). The number of amides is 1. The van der Waals surface area contributed by atoms with Crippen LogP contribution in [0.4, 0.5) is 5.69 Å². The van der Waals surface area contributed by atoms with Gasteiger partial charge in [-0.05, 0) is 36.4 Å². The van der Waals surface area contributed by atoms with E-state index in [2.05, 4.69) is 15.5 Å². The standard InChI is InChI=1S/C24H19N3O5S/c28-22(25-17-10-4-5-11-18(17)30-16-8-2-1-3-9-16)15-33-24-27-26-23(32-24)21-14-29-19-12-6-7-13-20(19)31-21/h1-13,21H,14-15H2,(H,25,28). The molecule has 0 radical (unpaired) electrons. The smallest absolute Gasteiger partial charge is 0.277 e. The van der Waals surface area contributed by atoms with Crippen LogP contribution in [0.5, 0.6) is 23.0 Å². The van der Waals surface area contributed by atoms with E-state index in [1.807, 2.05) is 66.7 Å². The molecule has 0 saturated heterocycles. The van der Waals surface area contributed by atoms with Crippen LogP contribution < -0.4 is 19.5 Å². The zero-order valence-corrected chi connectivity index (χ0v) is 18.2. The van der Waals surface area contributed by atoms with Gasteiger partial charge in [0, 0.05) is 0 Å². The molecule has 1 amide bonds. The van der Waals surface area contributed by atoms with Crippen molar-refractivity contribution in [1.82, 2.24) is 10.2 Å². The van der Waals surface area contributed by atoms with Crippen molar-refractivity contribution in [3.05, 3.63) is 84.8 Å². The van der Waals surface area contributed by atoms with Gasteiger partial charge in [0.05, 0.1) is 11.4 Å². The van der Waals surface area contributed by atoms with Crippen LogP contribution in [0.1, 0.15) is 12.0 Å². The second-order valence-corrected chi connectivity index (χ2v) is 7.95. The molecule has 1 atom stereocenters. The fourth-order valence-electron chi connectivity index (χ4n) is 3.14. The van der Waals surface area contributed by atoms with Crippen molar-refractivity contribution in [3.63, 3.8) is 0 Å². The lowest BCUT2D eigenvalue weighted by atomic mass is 10.2. The molecule has 1 aromatic heterocycles. The number of carbonyl (C=O) groups excluding carboxylic acids is 1. The van der Waals surface area contributed by atoms with Gasteiger partial charge in [0.15, 0.2) is 17.2 Å². The molecule has 166 valence electrons. The highest BCUT2D eigenvalue weighted by molar-refractivity contribution is 7.99. The Morgan fingerprint density at radius 3 is 2.61 bits per heavy atom. The van der Waals surface area contributed by atoms with Gasteiger partial charge in [-0.25, -0.2) is 0 Å². The summed E-state index contributed by atoms with van der Waals surface area (Å²) in [6.07, 6.45) is -0.502. The predicted molar refractivity (Wildman–Crippen MR) is 122 cm³/mol. The second kappa shape index (κ2) is 9.66. The lowest BCUT2D eigenvalue weighted by Gasteiger charge is -2.23. The zero-order valence-electron chi connectivity index (χ0n) is 17.3. The summed E-state index contributed by atoms with van der Waals surface area (Å²) in [5.41, 5.74) is 0.574. The Bertz CT molecular complexity index is 1250. The summed E-state index contributed by atoms with van der Waals surface area (Å²) < 4.78 is 23.1. The van der Waals surface area contributed by atoms with Crippen molar-refractivity contribution >= 4 is 23.4 Å². The summed E-state index contributed by atoms with van der Waals surface area (Å²) in [6.45, 7) is 0.266. The van der Waals surface area contributed by atoms with Crippen LogP contribution in [-0.2, 0) is 4.79 Å². The molecule has 2 heterocycles. The van der Waals surface area contributed by atoms with E-state index in [4.69, 9.17) is 18.6 Å². The maximum atomic E-state index is 12.5. The molecule has 0 fully saturated rings. The minimum atomic E-state index is -0.502. The number of carbonyl (C=O) groups is 1. The molecule has 0 spiro atoms. The minimum absolute atomic E-state index is 0.0894. The van der Waals surface area contributed by atoms with Gasteiger partial charge in [0.1, 0.15) is 12.4 Å². The van der Waals surface area contributed by atoms with E-state index in [1.54, 1.807) is 12.1 Å². The fraction of sp³-hybridized carbons (Fsp3) is 0.125. The van der Waals surface area contributed by atoms with E-state index in [1.165, 1.54) is 0 Å². The Balaban J connectivity index is 1.17. The zero-order chi connectivity index (χ0) is 22.5. The summed E-state index contributed by atoms with van der Waals surface area (Å²) in [5.74, 6) is 2.70. The number of benzene rings is 3. The van der Waals surface area contributed by atoms with Crippen LogP contribution >= 0.6 is 11.8 Å². The Hall–Kier alpha value is -3.98. The van der Waals surface area contributed by atoms with Crippen molar-refractivity contribution in [3.8, 4) is 23.0 Å². The van der Waals surface area contributed by atoms with E-state index < -0.39 is 6.10 Å². The SMILES string of the molecule is O=C(CSc1nnc(C2COc3ccccc3O2)o1)Nc1ccccc1Oc1ccccc1. The molecular weight excluding hydrogens is 442 g/mol. The maximum Gasteiger partial charge on any atom is 0.277 e. The second-order valence-electron chi connectivity index (χ2n) is 7.02. The minimum Gasteiger partial charge on any atom is -0.485 e. The van der Waals surface area contributed by atoms with Crippen LogP contribution in [-0.4, -0.2) is 28.5 Å². The molecule has 1 N–H and O–H groups in total. The number of rotatable bonds is 7. The van der Waals surface area contributed by atoms with Gasteiger partial charge in [-0.1, -0.05) is 54.2 Å². The fourth-order valence-corrected chi connectivity index (χ4v) is 3.71. The van der Waals surface area contributed by atoms with E-state index in [9.17, 15) is 4.79 Å². The normalized spacial score (nSPS) is 14.5. The number of thioether (sulfide) groups is 1. The molecule has 0 saturated carbocycles. The van der Waals surface area contributed by atoms with Gasteiger partial charge >= 0.3 is 0 Å². The number of para-hydroxylation sites is 5. The van der Waals surface area contributed by atoms with Gasteiger partial charge in [-0.3, -0.25) is 4.79 Å². The van der Waals surface area contributed by atoms with Crippen LogP contribution in [0.2, 0.25) is 0 Å². The summed E-state index contributed by atoms with van der Waals surface area (Å²) in [6, 6.07) is 24.0. The summed E-state index contributed by atoms with van der Waals surface area (Å²) in [4.78, 5) is 12.5. The molecule has 1 aliphatic heterocycles. The number of fused-ring (bicyclic) bond motifs is 1. The summed E-state index contributed by atoms with van der Waals surface area (Å²) in [5, 5.41) is 11.2. The molecule has 3 aromatic carbocycles. The van der Waals surface area contributed by atoms with E-state index in [0.29, 0.717) is 34.6 Å². The van der Waals surface area contributed by atoms with Crippen molar-refractivity contribution in [1.29, 1.82) is 0 Å². The molecule has 0 bridgehead atoms. The lowest BCUT2D eigenvalue weighted by Crippen LogP contribution is -2.21. The van der Waals surface area contributed by atoms with Gasteiger partial charge in [-0.15, -0.1) is 10.2 Å². The van der Waals surface area contributed by atoms with Gasteiger partial charge in [0.2, 0.25) is 12.0 Å². The predicted octanol–water partition coefficient (Wildman–Crippen LogP) is 5.11. The number of ether oxygens (including phenoxy) is 3. The van der Waals surface area contributed by atoms with Crippen LogP contribution in [0, 0.1) is 0 Å². The molecule has 9 heteroatoms. The highest BCUT2D eigenvalue weighted by Crippen LogP contribution is 2.36. The van der Waals surface area contributed by atoms with Gasteiger partial charge < -0.3 is 23.9 Å². The van der Waals surface area contributed by atoms with E-state index in [-0.39, 0.29) is 23.5 Å². The molecule has 1 unspecified atom stereocenters. The first kappa shape index (κ1) is 20.9. The molecule has 4 aromatic rings. The lowest BCUT2D eigenvalue weighted by molar-refractivity contribution is -0.113. The Kier molecular flexibility index (Phi) is 6.12. The average Bonchev–Trinajstić information content (AvgIpc) is 3.34. The van der Waals surface area contributed by atoms with Gasteiger partial charge in [0.25, 0.3) is 11.1 Å². The molecular formula is C24H19N3O5S. The highest BCUT2D eigenvalue weighted by atomic mass is 32.2. The van der Waals surface area contributed by atoms with Crippen LogP contribution in [0.15, 0.2) is 88.5 Å². The number of hydrogen-bond donors (Lipinski definition) is 1. The molecule has 33 heavy (non-hydrogen) atoms.